The lowest BCUT2D eigenvalue weighted by Crippen LogP contribution is -2.21. The van der Waals surface area contributed by atoms with E-state index in [4.69, 9.17) is 9.72 Å². The second-order valence-corrected chi connectivity index (χ2v) is 7.59. The van der Waals surface area contributed by atoms with Crippen LogP contribution in [0.1, 0.15) is 12.5 Å². The summed E-state index contributed by atoms with van der Waals surface area (Å²) < 4.78 is 7.21. The van der Waals surface area contributed by atoms with Crippen LogP contribution in [-0.4, -0.2) is 21.9 Å². The van der Waals surface area contributed by atoms with Crippen LogP contribution >= 0.6 is 11.8 Å². The molecule has 0 N–H and O–H groups in total. The Bertz CT molecular complexity index is 1220. The lowest BCUT2D eigenvalue weighted by molar-refractivity contribution is 0.340. The van der Waals surface area contributed by atoms with Crippen LogP contribution in [0, 0.1) is 0 Å². The fourth-order valence-corrected chi connectivity index (χ4v) is 3.99. The number of hydrogen-bond acceptors (Lipinski definition) is 4. The van der Waals surface area contributed by atoms with E-state index in [0.29, 0.717) is 28.4 Å². The molecule has 1 aromatic heterocycles. The third-order valence-electron chi connectivity index (χ3n) is 4.57. The van der Waals surface area contributed by atoms with E-state index in [1.54, 1.807) is 4.57 Å². The Labute approximate surface area is 179 Å². The van der Waals surface area contributed by atoms with Gasteiger partial charge in [0.2, 0.25) is 0 Å². The van der Waals surface area contributed by atoms with Crippen molar-refractivity contribution in [2.45, 2.75) is 12.1 Å². The molecule has 0 aliphatic heterocycles. The molecule has 0 fully saturated rings. The molecule has 4 nitrogen and oxygen atoms in total. The molecular formula is C25H22N2O2S. The van der Waals surface area contributed by atoms with Gasteiger partial charge in [-0.25, -0.2) is 4.98 Å². The number of aromatic nitrogens is 2. The van der Waals surface area contributed by atoms with Gasteiger partial charge >= 0.3 is 0 Å². The number of rotatable bonds is 7. The highest BCUT2D eigenvalue weighted by Crippen LogP contribution is 2.23. The van der Waals surface area contributed by atoms with Crippen molar-refractivity contribution in [2.24, 2.45) is 0 Å². The van der Waals surface area contributed by atoms with Gasteiger partial charge in [-0.1, -0.05) is 66.4 Å². The number of thioether (sulfide) groups is 1. The Morgan fingerprint density at radius 2 is 1.70 bits per heavy atom. The Morgan fingerprint density at radius 1 is 0.967 bits per heavy atom. The number of ether oxygens (including phenoxy) is 1. The van der Waals surface area contributed by atoms with Crippen molar-refractivity contribution in [1.82, 2.24) is 9.55 Å². The molecular weight excluding hydrogens is 392 g/mol. The molecule has 1 heterocycles. The third-order valence-corrected chi connectivity index (χ3v) is 5.46. The van der Waals surface area contributed by atoms with Crippen LogP contribution in [0.25, 0.3) is 22.7 Å². The summed E-state index contributed by atoms with van der Waals surface area (Å²) in [5, 5.41) is 1.27. The molecule has 5 heteroatoms. The first-order valence-corrected chi connectivity index (χ1v) is 10.8. The Balaban J connectivity index is 1.69. The molecule has 0 aliphatic rings. The van der Waals surface area contributed by atoms with Crippen molar-refractivity contribution in [1.29, 1.82) is 0 Å². The van der Waals surface area contributed by atoms with Crippen molar-refractivity contribution >= 4 is 28.7 Å². The molecule has 3 aromatic carbocycles. The molecule has 0 atom stereocenters. The minimum Gasteiger partial charge on any atom is -0.494 e. The molecule has 0 saturated heterocycles. The fourth-order valence-electron chi connectivity index (χ4n) is 3.17. The summed E-state index contributed by atoms with van der Waals surface area (Å²) in [6.45, 7) is 2.55. The molecule has 0 unspecified atom stereocenters. The van der Waals surface area contributed by atoms with E-state index in [9.17, 15) is 4.79 Å². The monoisotopic (exact) mass is 414 g/mol. The van der Waals surface area contributed by atoms with Crippen molar-refractivity contribution in [3.05, 3.63) is 101 Å². The Morgan fingerprint density at radius 3 is 2.47 bits per heavy atom. The summed E-state index contributed by atoms with van der Waals surface area (Å²) in [6.07, 6.45) is 4.16. The first-order valence-electron chi connectivity index (χ1n) is 9.85. The molecule has 4 aromatic rings. The van der Waals surface area contributed by atoms with Crippen LogP contribution in [0.5, 0.6) is 5.75 Å². The van der Waals surface area contributed by atoms with E-state index in [0.717, 1.165) is 17.0 Å². The molecule has 30 heavy (non-hydrogen) atoms. The van der Waals surface area contributed by atoms with E-state index in [1.807, 2.05) is 73.7 Å². The van der Waals surface area contributed by atoms with Gasteiger partial charge in [0.1, 0.15) is 5.75 Å². The average Bonchev–Trinajstić information content (AvgIpc) is 2.79. The van der Waals surface area contributed by atoms with Gasteiger partial charge < -0.3 is 4.74 Å². The van der Waals surface area contributed by atoms with Crippen LogP contribution in [-0.2, 0) is 0 Å². The van der Waals surface area contributed by atoms with Crippen LogP contribution in [0.2, 0.25) is 0 Å². The normalized spacial score (nSPS) is 11.2. The summed E-state index contributed by atoms with van der Waals surface area (Å²) in [5.74, 6) is 1.49. The fraction of sp³-hybridized carbons (Fsp3) is 0.120. The van der Waals surface area contributed by atoms with Gasteiger partial charge in [-0.3, -0.25) is 9.36 Å². The van der Waals surface area contributed by atoms with Gasteiger partial charge in [0, 0.05) is 5.75 Å². The second-order valence-electron chi connectivity index (χ2n) is 6.60. The van der Waals surface area contributed by atoms with E-state index in [1.165, 1.54) is 11.8 Å². The predicted molar refractivity (Wildman–Crippen MR) is 125 cm³/mol. The van der Waals surface area contributed by atoms with E-state index >= 15 is 0 Å². The summed E-state index contributed by atoms with van der Waals surface area (Å²) in [6, 6.07) is 25.2. The highest BCUT2D eigenvalue weighted by Gasteiger charge is 2.13. The van der Waals surface area contributed by atoms with Crippen LogP contribution in [0.4, 0.5) is 0 Å². The zero-order valence-corrected chi connectivity index (χ0v) is 17.5. The maximum atomic E-state index is 13.3. The predicted octanol–water partition coefficient (Wildman–Crippen LogP) is 5.59. The maximum Gasteiger partial charge on any atom is 0.266 e. The lowest BCUT2D eigenvalue weighted by Gasteiger charge is -2.13. The number of para-hydroxylation sites is 1. The van der Waals surface area contributed by atoms with Gasteiger partial charge in [0.05, 0.1) is 23.2 Å². The van der Waals surface area contributed by atoms with Crippen molar-refractivity contribution in [2.75, 3.05) is 12.4 Å². The van der Waals surface area contributed by atoms with Gasteiger partial charge in [-0.2, -0.15) is 0 Å². The smallest absolute Gasteiger partial charge is 0.266 e. The lowest BCUT2D eigenvalue weighted by atomic mass is 10.2. The molecule has 0 bridgehead atoms. The highest BCUT2D eigenvalue weighted by molar-refractivity contribution is 7.99. The summed E-state index contributed by atoms with van der Waals surface area (Å²) in [5.41, 5.74) is 2.56. The summed E-state index contributed by atoms with van der Waals surface area (Å²) in [4.78, 5) is 18.1. The van der Waals surface area contributed by atoms with Gasteiger partial charge in [0.15, 0.2) is 5.16 Å². The van der Waals surface area contributed by atoms with Crippen LogP contribution < -0.4 is 10.3 Å². The molecule has 0 aliphatic carbocycles. The van der Waals surface area contributed by atoms with Gasteiger partial charge in [-0.15, -0.1) is 0 Å². The minimum absolute atomic E-state index is 0.0701. The standard InChI is InChI=1S/C25H22N2O2S/c1-2-29-21-16-14-20(15-17-21)27-24(28)22-12-6-7-13-23(22)26-25(27)30-18-8-11-19-9-4-3-5-10-19/h3-17H,2,18H2,1H3/b11-8+. The van der Waals surface area contributed by atoms with Crippen LogP contribution in [0.3, 0.4) is 0 Å². The van der Waals surface area contributed by atoms with Gasteiger partial charge in [0.25, 0.3) is 5.56 Å². The Hall–Kier alpha value is -3.31. The molecule has 0 saturated carbocycles. The van der Waals surface area contributed by atoms with Crippen molar-refractivity contribution in [3.63, 3.8) is 0 Å². The first-order chi connectivity index (χ1) is 14.8. The number of fused-ring (bicyclic) bond motifs is 1. The SMILES string of the molecule is CCOc1ccc(-n2c(SC/C=C/c3ccccc3)nc3ccccc3c2=O)cc1. The maximum absolute atomic E-state index is 13.3. The van der Waals surface area contributed by atoms with Gasteiger partial charge in [-0.05, 0) is 48.9 Å². The highest BCUT2D eigenvalue weighted by atomic mass is 32.2. The summed E-state index contributed by atoms with van der Waals surface area (Å²) >= 11 is 1.54. The topological polar surface area (TPSA) is 44.1 Å². The molecule has 0 amide bonds. The molecule has 0 radical (unpaired) electrons. The van der Waals surface area contributed by atoms with Crippen molar-refractivity contribution in [3.8, 4) is 11.4 Å². The Kier molecular flexibility index (Phi) is 6.30. The third kappa shape index (κ3) is 4.47. The molecule has 4 rings (SSSR count). The zero-order valence-electron chi connectivity index (χ0n) is 16.7. The van der Waals surface area contributed by atoms with E-state index in [-0.39, 0.29) is 5.56 Å². The van der Waals surface area contributed by atoms with E-state index in [2.05, 4.69) is 24.3 Å². The largest absolute Gasteiger partial charge is 0.494 e. The molecule has 150 valence electrons. The number of hydrogen-bond donors (Lipinski definition) is 0. The molecule has 0 spiro atoms. The van der Waals surface area contributed by atoms with Crippen molar-refractivity contribution < 1.29 is 4.74 Å². The average molecular weight is 415 g/mol. The quantitative estimate of drug-likeness (QED) is 0.292. The van der Waals surface area contributed by atoms with E-state index < -0.39 is 0 Å². The summed E-state index contributed by atoms with van der Waals surface area (Å²) in [7, 11) is 0. The number of benzene rings is 3. The minimum atomic E-state index is -0.0701. The second kappa shape index (κ2) is 9.46. The number of nitrogens with zero attached hydrogens (tertiary/aromatic N) is 2. The van der Waals surface area contributed by atoms with Crippen LogP contribution in [0.15, 0.2) is 94.9 Å². The zero-order chi connectivity index (χ0) is 20.8. The first kappa shape index (κ1) is 20.0.